The van der Waals surface area contributed by atoms with Gasteiger partial charge in [-0.2, -0.15) is 0 Å². The van der Waals surface area contributed by atoms with Crippen molar-refractivity contribution >= 4 is 41.2 Å². The van der Waals surface area contributed by atoms with Crippen molar-refractivity contribution in [3.63, 3.8) is 0 Å². The number of ether oxygens (including phenoxy) is 1. The third kappa shape index (κ3) is 2.77. The van der Waals surface area contributed by atoms with Crippen molar-refractivity contribution in [3.8, 4) is 5.75 Å². The smallest absolute Gasteiger partial charge is 0.335 e. The molecule has 2 aromatic rings. The Morgan fingerprint density at radius 2 is 2.04 bits per heavy atom. The van der Waals surface area contributed by atoms with Crippen molar-refractivity contribution in [3.05, 3.63) is 53.0 Å². The van der Waals surface area contributed by atoms with Crippen LogP contribution >= 0.6 is 11.6 Å². The molecule has 0 radical (unpaired) electrons. The van der Waals surface area contributed by atoms with E-state index in [9.17, 15) is 14.4 Å². The monoisotopic (exact) mass is 346 g/mol. The van der Waals surface area contributed by atoms with Gasteiger partial charge in [-0.05, 0) is 36.4 Å². The highest BCUT2D eigenvalue weighted by molar-refractivity contribution is 6.39. The second-order valence-corrected chi connectivity index (χ2v) is 5.20. The molecule has 0 atom stereocenters. The average Bonchev–Trinajstić information content (AvgIpc) is 3.04. The SMILES string of the molecule is COc1ccc(N2C(=O)NC(=O)C(=Cc3ccco3)C2=O)cc1Cl. The predicted molar refractivity (Wildman–Crippen MR) is 85.7 cm³/mol. The van der Waals surface area contributed by atoms with Crippen molar-refractivity contribution in [2.24, 2.45) is 0 Å². The summed E-state index contributed by atoms with van der Waals surface area (Å²) in [7, 11) is 1.45. The summed E-state index contributed by atoms with van der Waals surface area (Å²) in [6.07, 6.45) is 2.67. The van der Waals surface area contributed by atoms with Crippen molar-refractivity contribution in [1.82, 2.24) is 5.32 Å². The lowest BCUT2D eigenvalue weighted by Gasteiger charge is -2.26. The summed E-state index contributed by atoms with van der Waals surface area (Å²) >= 11 is 6.03. The summed E-state index contributed by atoms with van der Waals surface area (Å²) in [6, 6.07) is 6.75. The molecule has 3 rings (SSSR count). The highest BCUT2D eigenvalue weighted by Gasteiger charge is 2.37. The number of hydrogen-bond donors (Lipinski definition) is 1. The largest absolute Gasteiger partial charge is 0.495 e. The number of amides is 4. The molecule has 8 heteroatoms. The molecular weight excluding hydrogens is 336 g/mol. The van der Waals surface area contributed by atoms with Gasteiger partial charge in [-0.3, -0.25) is 14.9 Å². The Morgan fingerprint density at radius 3 is 2.67 bits per heavy atom. The van der Waals surface area contributed by atoms with Crippen LogP contribution in [0.2, 0.25) is 5.02 Å². The number of urea groups is 1. The minimum Gasteiger partial charge on any atom is -0.495 e. The summed E-state index contributed by atoms with van der Waals surface area (Å²) in [5, 5.41) is 2.34. The topological polar surface area (TPSA) is 88.8 Å². The zero-order valence-corrected chi connectivity index (χ0v) is 13.2. The first kappa shape index (κ1) is 15.8. The maximum absolute atomic E-state index is 12.6. The summed E-state index contributed by atoms with van der Waals surface area (Å²) in [4.78, 5) is 37.4. The number of carbonyl (C=O) groups excluding carboxylic acids is 3. The summed E-state index contributed by atoms with van der Waals surface area (Å²) in [6.45, 7) is 0. The minimum atomic E-state index is -0.858. The Morgan fingerprint density at radius 1 is 1.25 bits per heavy atom. The Hall–Kier alpha value is -3.06. The van der Waals surface area contributed by atoms with E-state index in [1.165, 1.54) is 37.6 Å². The molecule has 1 saturated heterocycles. The molecule has 1 N–H and O–H groups in total. The van der Waals surface area contributed by atoms with Gasteiger partial charge >= 0.3 is 6.03 Å². The number of nitrogens with one attached hydrogen (secondary N) is 1. The molecule has 0 bridgehead atoms. The highest BCUT2D eigenvalue weighted by Crippen LogP contribution is 2.30. The Bertz CT molecular complexity index is 857. The van der Waals surface area contributed by atoms with Gasteiger partial charge < -0.3 is 9.15 Å². The van der Waals surface area contributed by atoms with Crippen LogP contribution in [0.25, 0.3) is 6.08 Å². The van der Waals surface area contributed by atoms with Crippen molar-refractivity contribution in [2.45, 2.75) is 0 Å². The van der Waals surface area contributed by atoms with Crippen LogP contribution in [0.5, 0.6) is 5.75 Å². The number of furan rings is 1. The van der Waals surface area contributed by atoms with Gasteiger partial charge in [-0.1, -0.05) is 11.6 Å². The third-order valence-electron chi connectivity index (χ3n) is 3.33. The highest BCUT2D eigenvalue weighted by atomic mass is 35.5. The molecule has 4 amide bonds. The fourth-order valence-corrected chi connectivity index (χ4v) is 2.45. The quantitative estimate of drug-likeness (QED) is 0.681. The summed E-state index contributed by atoms with van der Waals surface area (Å²) in [5.74, 6) is -0.859. The molecule has 1 aromatic carbocycles. The molecule has 7 nitrogen and oxygen atoms in total. The molecule has 0 spiro atoms. The Kier molecular flexibility index (Phi) is 4.09. The predicted octanol–water partition coefficient (Wildman–Crippen LogP) is 2.61. The fraction of sp³-hybridized carbons (Fsp3) is 0.0625. The molecule has 1 aliphatic heterocycles. The number of carbonyl (C=O) groups is 3. The Labute approximate surface area is 141 Å². The van der Waals surface area contributed by atoms with E-state index in [4.69, 9.17) is 20.8 Å². The molecule has 0 aliphatic carbocycles. The first-order valence-electron chi connectivity index (χ1n) is 6.80. The van der Waals surface area contributed by atoms with E-state index >= 15 is 0 Å². The number of methoxy groups -OCH3 is 1. The number of rotatable bonds is 3. The van der Waals surface area contributed by atoms with Crippen LogP contribution in [0.1, 0.15) is 5.76 Å². The summed E-state index contributed by atoms with van der Waals surface area (Å²) in [5.41, 5.74) is -0.0161. The molecule has 0 saturated carbocycles. The van der Waals surface area contributed by atoms with E-state index in [0.29, 0.717) is 11.5 Å². The average molecular weight is 347 g/mol. The first-order valence-corrected chi connectivity index (χ1v) is 7.17. The van der Waals surface area contributed by atoms with Crippen LogP contribution in [-0.4, -0.2) is 25.0 Å². The molecular formula is C16H11ClN2O5. The van der Waals surface area contributed by atoms with E-state index < -0.39 is 17.8 Å². The first-order chi connectivity index (χ1) is 11.5. The van der Waals surface area contributed by atoms with Crippen molar-refractivity contribution in [1.29, 1.82) is 0 Å². The molecule has 1 aromatic heterocycles. The van der Waals surface area contributed by atoms with Gasteiger partial charge in [-0.15, -0.1) is 0 Å². The van der Waals surface area contributed by atoms with Gasteiger partial charge in [0.1, 0.15) is 17.1 Å². The number of nitrogens with zero attached hydrogens (tertiary/aromatic N) is 1. The van der Waals surface area contributed by atoms with Crippen molar-refractivity contribution < 1.29 is 23.5 Å². The second kappa shape index (κ2) is 6.21. The molecule has 2 heterocycles. The lowest BCUT2D eigenvalue weighted by Crippen LogP contribution is -2.54. The number of halogens is 1. The van der Waals surface area contributed by atoms with Gasteiger partial charge in [-0.25, -0.2) is 9.69 Å². The van der Waals surface area contributed by atoms with Crippen LogP contribution in [0, 0.1) is 0 Å². The van der Waals surface area contributed by atoms with Gasteiger partial charge in [0.15, 0.2) is 0 Å². The number of imide groups is 2. The van der Waals surface area contributed by atoms with Crippen LogP contribution in [0.3, 0.4) is 0 Å². The number of barbiturate groups is 1. The van der Waals surface area contributed by atoms with E-state index in [-0.39, 0.29) is 16.3 Å². The van der Waals surface area contributed by atoms with E-state index in [1.807, 2.05) is 0 Å². The van der Waals surface area contributed by atoms with Crippen molar-refractivity contribution in [2.75, 3.05) is 12.0 Å². The Balaban J connectivity index is 2.01. The zero-order chi connectivity index (χ0) is 17.3. The molecule has 122 valence electrons. The summed E-state index contributed by atoms with van der Waals surface area (Å²) < 4.78 is 10.1. The fourth-order valence-electron chi connectivity index (χ4n) is 2.20. The third-order valence-corrected chi connectivity index (χ3v) is 3.62. The van der Waals surface area contributed by atoms with Crippen LogP contribution in [-0.2, 0) is 9.59 Å². The molecule has 1 fully saturated rings. The van der Waals surface area contributed by atoms with Gasteiger partial charge in [0, 0.05) is 0 Å². The van der Waals surface area contributed by atoms with E-state index in [0.717, 1.165) is 4.90 Å². The molecule has 24 heavy (non-hydrogen) atoms. The number of hydrogen-bond acceptors (Lipinski definition) is 5. The number of benzene rings is 1. The maximum Gasteiger partial charge on any atom is 0.335 e. The van der Waals surface area contributed by atoms with Gasteiger partial charge in [0.05, 0.1) is 24.1 Å². The van der Waals surface area contributed by atoms with Gasteiger partial charge in [0.2, 0.25) is 0 Å². The lowest BCUT2D eigenvalue weighted by atomic mass is 10.1. The minimum absolute atomic E-state index is 0.209. The molecule has 1 aliphatic rings. The standard InChI is InChI=1S/C16H11ClN2O5/c1-23-13-5-4-9(7-12(13)17)19-15(21)11(14(20)18-16(19)22)8-10-3-2-6-24-10/h2-8H,1H3,(H,18,20,22). The van der Waals surface area contributed by atoms with Crippen LogP contribution in [0.4, 0.5) is 10.5 Å². The zero-order valence-electron chi connectivity index (χ0n) is 12.4. The number of anilines is 1. The van der Waals surface area contributed by atoms with E-state index in [1.54, 1.807) is 12.1 Å². The normalized spacial score (nSPS) is 16.5. The maximum atomic E-state index is 12.6. The van der Waals surface area contributed by atoms with E-state index in [2.05, 4.69) is 5.32 Å². The van der Waals surface area contributed by atoms with Gasteiger partial charge in [0.25, 0.3) is 11.8 Å². The molecule has 0 unspecified atom stereocenters. The van der Waals surface area contributed by atoms with Crippen LogP contribution in [0.15, 0.2) is 46.6 Å². The lowest BCUT2D eigenvalue weighted by molar-refractivity contribution is -0.122. The second-order valence-electron chi connectivity index (χ2n) is 4.79. The van der Waals surface area contributed by atoms with Crippen LogP contribution < -0.4 is 15.0 Å².